The van der Waals surface area contributed by atoms with Crippen molar-refractivity contribution in [2.45, 2.75) is 31.1 Å². The summed E-state index contributed by atoms with van der Waals surface area (Å²) in [4.78, 5) is 0.157. The van der Waals surface area contributed by atoms with Crippen LogP contribution in [0.25, 0.3) is 12.2 Å². The lowest BCUT2D eigenvalue weighted by Crippen LogP contribution is -2.16. The highest BCUT2D eigenvalue weighted by Gasteiger charge is 2.22. The van der Waals surface area contributed by atoms with E-state index in [1.54, 1.807) is 51.7 Å². The molecule has 1 N–H and O–H groups in total. The third kappa shape index (κ3) is 6.34. The van der Waals surface area contributed by atoms with Gasteiger partial charge in [-0.1, -0.05) is 45.1 Å². The first kappa shape index (κ1) is 28.7. The summed E-state index contributed by atoms with van der Waals surface area (Å²) < 4.78 is 56.7. The van der Waals surface area contributed by atoms with Crippen LogP contribution in [0.3, 0.4) is 0 Å². The van der Waals surface area contributed by atoms with E-state index >= 15 is 0 Å². The highest BCUT2D eigenvalue weighted by atomic mass is 32.2. The SMILES string of the molecule is COc1cc(C=Cc2cc(OC)c(OC)c(OC)c2)cc(NS(=O)(=O)c2cccc(C(C)(C)C)c2)c1OC. The normalized spacial score (nSPS) is 11.8. The second-order valence-electron chi connectivity index (χ2n) is 9.48. The molecule has 3 rings (SSSR count). The minimum Gasteiger partial charge on any atom is -0.493 e. The largest absolute Gasteiger partial charge is 0.493 e. The van der Waals surface area contributed by atoms with Crippen molar-refractivity contribution in [3.63, 3.8) is 0 Å². The summed E-state index contributed by atoms with van der Waals surface area (Å²) in [5, 5.41) is 0. The van der Waals surface area contributed by atoms with Crippen LogP contribution in [0, 0.1) is 0 Å². The summed E-state index contributed by atoms with van der Waals surface area (Å²) in [7, 11) is 3.68. The number of anilines is 1. The second kappa shape index (κ2) is 11.7. The molecule has 0 amide bonds. The van der Waals surface area contributed by atoms with Crippen LogP contribution in [0.1, 0.15) is 37.5 Å². The molecule has 0 saturated heterocycles. The second-order valence-corrected chi connectivity index (χ2v) is 11.2. The number of nitrogens with one attached hydrogen (secondary N) is 1. The zero-order valence-electron chi connectivity index (χ0n) is 23.0. The minimum atomic E-state index is -3.92. The first-order valence-corrected chi connectivity index (χ1v) is 13.3. The van der Waals surface area contributed by atoms with Crippen LogP contribution < -0.4 is 28.4 Å². The van der Waals surface area contributed by atoms with Crippen molar-refractivity contribution in [3.05, 3.63) is 65.2 Å². The molecule has 0 aliphatic carbocycles. The lowest BCUT2D eigenvalue weighted by Gasteiger charge is -2.20. The van der Waals surface area contributed by atoms with E-state index in [2.05, 4.69) is 4.72 Å². The Morgan fingerprint density at radius 3 is 1.66 bits per heavy atom. The lowest BCUT2D eigenvalue weighted by molar-refractivity contribution is 0.324. The van der Waals surface area contributed by atoms with E-state index in [0.29, 0.717) is 28.6 Å². The molecule has 204 valence electrons. The number of benzene rings is 3. The fraction of sp³-hybridized carbons (Fsp3) is 0.310. The van der Waals surface area contributed by atoms with Crippen LogP contribution in [0.4, 0.5) is 5.69 Å². The summed E-state index contributed by atoms with van der Waals surface area (Å²) in [5.41, 5.74) is 2.42. The molecule has 0 fully saturated rings. The molecule has 0 saturated carbocycles. The molecule has 0 atom stereocenters. The van der Waals surface area contributed by atoms with Crippen molar-refractivity contribution in [1.82, 2.24) is 0 Å². The first-order valence-electron chi connectivity index (χ1n) is 11.8. The van der Waals surface area contributed by atoms with Gasteiger partial charge in [0, 0.05) is 0 Å². The van der Waals surface area contributed by atoms with Gasteiger partial charge in [-0.05, 0) is 58.5 Å². The van der Waals surface area contributed by atoms with Gasteiger partial charge in [-0.25, -0.2) is 8.42 Å². The fourth-order valence-electron chi connectivity index (χ4n) is 3.88. The zero-order chi connectivity index (χ0) is 28.1. The number of hydrogen-bond acceptors (Lipinski definition) is 7. The van der Waals surface area contributed by atoms with Gasteiger partial charge in [-0.2, -0.15) is 0 Å². The van der Waals surface area contributed by atoms with Gasteiger partial charge in [0.05, 0.1) is 46.1 Å². The topological polar surface area (TPSA) is 92.3 Å². The number of rotatable bonds is 10. The summed E-state index contributed by atoms with van der Waals surface area (Å²) in [6.07, 6.45) is 3.66. The summed E-state index contributed by atoms with van der Waals surface area (Å²) in [6, 6.07) is 14.0. The van der Waals surface area contributed by atoms with Crippen LogP contribution in [0.15, 0.2) is 53.4 Å². The zero-order valence-corrected chi connectivity index (χ0v) is 23.9. The Hall–Kier alpha value is -3.85. The van der Waals surface area contributed by atoms with Crippen LogP contribution in [0.5, 0.6) is 28.7 Å². The molecule has 3 aromatic carbocycles. The van der Waals surface area contributed by atoms with Gasteiger partial charge >= 0.3 is 0 Å². The molecule has 0 bridgehead atoms. The third-order valence-electron chi connectivity index (χ3n) is 5.91. The Morgan fingerprint density at radius 1 is 0.684 bits per heavy atom. The van der Waals surface area contributed by atoms with Gasteiger partial charge < -0.3 is 23.7 Å². The van der Waals surface area contributed by atoms with Gasteiger partial charge in [0.15, 0.2) is 23.0 Å². The van der Waals surface area contributed by atoms with E-state index in [1.165, 1.54) is 14.2 Å². The lowest BCUT2D eigenvalue weighted by atomic mass is 9.87. The molecule has 38 heavy (non-hydrogen) atoms. The molecule has 9 heteroatoms. The fourth-order valence-corrected chi connectivity index (χ4v) is 4.98. The highest BCUT2D eigenvalue weighted by molar-refractivity contribution is 7.92. The van der Waals surface area contributed by atoms with Crippen molar-refractivity contribution in [1.29, 1.82) is 0 Å². The number of sulfonamides is 1. The van der Waals surface area contributed by atoms with Gasteiger partial charge in [-0.15, -0.1) is 0 Å². The van der Waals surface area contributed by atoms with Crippen LogP contribution >= 0.6 is 0 Å². The van der Waals surface area contributed by atoms with E-state index < -0.39 is 10.0 Å². The van der Waals surface area contributed by atoms with Crippen LogP contribution in [-0.2, 0) is 15.4 Å². The van der Waals surface area contributed by atoms with Crippen molar-refractivity contribution in [3.8, 4) is 28.7 Å². The van der Waals surface area contributed by atoms with Gasteiger partial charge in [-0.3, -0.25) is 4.72 Å². The maximum Gasteiger partial charge on any atom is 0.262 e. The number of ether oxygens (including phenoxy) is 5. The third-order valence-corrected chi connectivity index (χ3v) is 7.27. The molecule has 0 aliphatic heterocycles. The summed E-state index contributed by atoms with van der Waals surface area (Å²) in [6.45, 7) is 6.09. The molecule has 8 nitrogen and oxygen atoms in total. The molecule has 0 radical (unpaired) electrons. The number of hydrogen-bond donors (Lipinski definition) is 1. The maximum atomic E-state index is 13.4. The van der Waals surface area contributed by atoms with Crippen molar-refractivity contribution < 1.29 is 32.1 Å². The Morgan fingerprint density at radius 2 is 1.18 bits per heavy atom. The van der Waals surface area contributed by atoms with E-state index in [1.807, 2.05) is 51.1 Å². The number of methoxy groups -OCH3 is 5. The van der Waals surface area contributed by atoms with Crippen LogP contribution in [0.2, 0.25) is 0 Å². The predicted molar refractivity (Wildman–Crippen MR) is 151 cm³/mol. The van der Waals surface area contributed by atoms with E-state index in [4.69, 9.17) is 23.7 Å². The van der Waals surface area contributed by atoms with Gasteiger partial charge in [0.25, 0.3) is 10.0 Å². The van der Waals surface area contributed by atoms with Gasteiger partial charge in [0.1, 0.15) is 0 Å². The van der Waals surface area contributed by atoms with Crippen molar-refractivity contribution >= 4 is 27.9 Å². The van der Waals surface area contributed by atoms with Crippen molar-refractivity contribution in [2.24, 2.45) is 0 Å². The average Bonchev–Trinajstić information content (AvgIpc) is 2.90. The first-order chi connectivity index (χ1) is 18.0. The summed E-state index contributed by atoms with van der Waals surface area (Å²) >= 11 is 0. The van der Waals surface area contributed by atoms with Gasteiger partial charge in [0.2, 0.25) is 5.75 Å². The van der Waals surface area contributed by atoms with E-state index in [9.17, 15) is 8.42 Å². The Kier molecular flexibility index (Phi) is 8.83. The molecular weight excluding hydrogens is 506 g/mol. The van der Waals surface area contributed by atoms with Crippen LogP contribution in [-0.4, -0.2) is 44.0 Å². The highest BCUT2D eigenvalue weighted by Crippen LogP contribution is 2.40. The maximum absolute atomic E-state index is 13.4. The molecule has 0 spiro atoms. The Bertz CT molecular complexity index is 1400. The van der Waals surface area contributed by atoms with E-state index in [0.717, 1.165) is 11.1 Å². The minimum absolute atomic E-state index is 0.157. The standard InChI is InChI=1S/C29H35NO7S/c1-29(2,3)21-10-9-11-22(18-21)38(31,32)30-23-14-19(15-24(33-4)27(23)36-7)12-13-20-16-25(34-5)28(37-8)26(17-20)35-6/h9-18,30H,1-8H3. The molecule has 0 aromatic heterocycles. The Labute approximate surface area is 225 Å². The smallest absolute Gasteiger partial charge is 0.262 e. The molecule has 0 aliphatic rings. The average molecular weight is 542 g/mol. The monoisotopic (exact) mass is 541 g/mol. The molecule has 0 unspecified atom stereocenters. The molecule has 0 heterocycles. The van der Waals surface area contributed by atoms with E-state index in [-0.39, 0.29) is 21.7 Å². The Balaban J connectivity index is 2.04. The summed E-state index contributed by atoms with van der Waals surface area (Å²) in [5.74, 6) is 2.17. The molecular formula is C29H35NO7S. The molecule has 3 aromatic rings. The predicted octanol–water partition coefficient (Wildman–Crippen LogP) is 6.00. The quantitative estimate of drug-likeness (QED) is 0.315. The van der Waals surface area contributed by atoms with Crippen molar-refractivity contribution in [2.75, 3.05) is 40.3 Å².